The quantitative estimate of drug-likeness (QED) is 0.682. The Balaban J connectivity index is 2.40. The average Bonchev–Trinajstić information content (AvgIpc) is 2.32. The van der Waals surface area contributed by atoms with Crippen molar-refractivity contribution >= 4 is 5.82 Å². The van der Waals surface area contributed by atoms with Crippen molar-refractivity contribution in [2.24, 2.45) is 19.8 Å². The predicted molar refractivity (Wildman–Crippen MR) is 66.3 cm³/mol. The second kappa shape index (κ2) is 4.37. The van der Waals surface area contributed by atoms with Gasteiger partial charge in [-0.3, -0.25) is 13.9 Å². The molecule has 0 amide bonds. The molecule has 2 heterocycles. The van der Waals surface area contributed by atoms with Crippen LogP contribution in [0.15, 0.2) is 15.7 Å². The van der Waals surface area contributed by atoms with Crippen LogP contribution >= 0.6 is 0 Å². The Morgan fingerprint density at radius 3 is 2.35 bits per heavy atom. The highest BCUT2D eigenvalue weighted by Gasteiger charge is 2.19. The molecule has 1 aliphatic heterocycles. The smallest absolute Gasteiger partial charge is 0.332 e. The first kappa shape index (κ1) is 11.9. The van der Waals surface area contributed by atoms with Gasteiger partial charge in [0.1, 0.15) is 5.82 Å². The fourth-order valence-corrected chi connectivity index (χ4v) is 2.15. The lowest BCUT2D eigenvalue weighted by Crippen LogP contribution is -2.45. The zero-order valence-electron chi connectivity index (χ0n) is 10.2. The number of hydrogen-bond acceptors (Lipinski definition) is 4. The van der Waals surface area contributed by atoms with E-state index in [9.17, 15) is 9.59 Å². The van der Waals surface area contributed by atoms with Crippen molar-refractivity contribution in [1.82, 2.24) is 9.13 Å². The Kier molecular flexibility index (Phi) is 3.06. The van der Waals surface area contributed by atoms with Crippen molar-refractivity contribution in [1.29, 1.82) is 0 Å². The molecule has 0 aliphatic carbocycles. The van der Waals surface area contributed by atoms with E-state index in [1.54, 1.807) is 7.05 Å². The van der Waals surface area contributed by atoms with Gasteiger partial charge in [-0.1, -0.05) is 0 Å². The van der Waals surface area contributed by atoms with Gasteiger partial charge in [-0.25, -0.2) is 4.79 Å². The summed E-state index contributed by atoms with van der Waals surface area (Å²) >= 11 is 0. The molecular formula is C11H18N4O2. The Labute approximate surface area is 99.3 Å². The van der Waals surface area contributed by atoms with E-state index >= 15 is 0 Å². The van der Waals surface area contributed by atoms with Gasteiger partial charge in [0.25, 0.3) is 5.56 Å². The maximum absolute atomic E-state index is 11.8. The Morgan fingerprint density at radius 2 is 1.76 bits per heavy atom. The van der Waals surface area contributed by atoms with Gasteiger partial charge in [-0.05, 0) is 12.8 Å². The molecule has 1 aliphatic rings. The van der Waals surface area contributed by atoms with Gasteiger partial charge in [-0.15, -0.1) is 0 Å². The Hall–Kier alpha value is -1.56. The molecule has 94 valence electrons. The van der Waals surface area contributed by atoms with E-state index in [0.29, 0.717) is 5.82 Å². The minimum atomic E-state index is -0.289. The molecule has 0 saturated carbocycles. The third kappa shape index (κ3) is 2.12. The van der Waals surface area contributed by atoms with Gasteiger partial charge in [0.05, 0.1) is 0 Å². The first-order valence-corrected chi connectivity index (χ1v) is 5.78. The molecule has 0 spiro atoms. The number of piperidine rings is 1. The van der Waals surface area contributed by atoms with Crippen LogP contribution in [0.25, 0.3) is 0 Å². The zero-order chi connectivity index (χ0) is 12.6. The summed E-state index contributed by atoms with van der Waals surface area (Å²) < 4.78 is 2.62. The lowest BCUT2D eigenvalue weighted by molar-refractivity contribution is 0.491. The van der Waals surface area contributed by atoms with E-state index in [1.165, 1.54) is 17.7 Å². The third-order valence-electron chi connectivity index (χ3n) is 3.36. The maximum Gasteiger partial charge on any atom is 0.332 e. The van der Waals surface area contributed by atoms with Crippen LogP contribution in [-0.4, -0.2) is 28.3 Å². The molecular weight excluding hydrogens is 220 g/mol. The van der Waals surface area contributed by atoms with Gasteiger partial charge in [-0.2, -0.15) is 0 Å². The van der Waals surface area contributed by atoms with Gasteiger partial charge in [0, 0.05) is 39.3 Å². The second-order valence-electron chi connectivity index (χ2n) is 4.57. The molecule has 1 fully saturated rings. The summed E-state index contributed by atoms with van der Waals surface area (Å²) in [5.74, 6) is 0.685. The largest absolute Gasteiger partial charge is 0.358 e. The number of aromatic nitrogens is 2. The van der Waals surface area contributed by atoms with Crippen molar-refractivity contribution in [3.8, 4) is 0 Å². The molecule has 6 heteroatoms. The highest BCUT2D eigenvalue weighted by Crippen LogP contribution is 2.15. The Morgan fingerprint density at radius 1 is 1.18 bits per heavy atom. The molecule has 0 aromatic carbocycles. The molecule has 2 rings (SSSR count). The summed E-state index contributed by atoms with van der Waals surface area (Å²) in [4.78, 5) is 25.5. The summed E-state index contributed by atoms with van der Waals surface area (Å²) in [6, 6.07) is 1.74. The van der Waals surface area contributed by atoms with E-state index in [1.807, 2.05) is 4.90 Å². The highest BCUT2D eigenvalue weighted by molar-refractivity contribution is 5.38. The van der Waals surface area contributed by atoms with E-state index in [-0.39, 0.29) is 17.3 Å². The van der Waals surface area contributed by atoms with Crippen LogP contribution in [0.1, 0.15) is 12.8 Å². The van der Waals surface area contributed by atoms with Crippen molar-refractivity contribution in [3.63, 3.8) is 0 Å². The molecule has 1 aromatic rings. The van der Waals surface area contributed by atoms with Gasteiger partial charge in [0.15, 0.2) is 0 Å². The SMILES string of the molecule is Cn1c(N2CCC(N)CC2)cc(=O)n(C)c1=O. The van der Waals surface area contributed by atoms with Crippen LogP contribution in [0.2, 0.25) is 0 Å². The monoisotopic (exact) mass is 238 g/mol. The fourth-order valence-electron chi connectivity index (χ4n) is 2.15. The van der Waals surface area contributed by atoms with Gasteiger partial charge in [0.2, 0.25) is 0 Å². The van der Waals surface area contributed by atoms with Crippen LogP contribution < -0.4 is 21.9 Å². The summed E-state index contributed by atoms with van der Waals surface area (Å²) in [5.41, 5.74) is 5.28. The summed E-state index contributed by atoms with van der Waals surface area (Å²) in [6.07, 6.45) is 1.78. The van der Waals surface area contributed by atoms with E-state index in [0.717, 1.165) is 30.5 Å². The molecule has 17 heavy (non-hydrogen) atoms. The molecule has 0 unspecified atom stereocenters. The van der Waals surface area contributed by atoms with E-state index in [4.69, 9.17) is 5.73 Å². The normalized spacial score (nSPS) is 17.5. The first-order chi connectivity index (χ1) is 8.00. The number of nitrogens with two attached hydrogens (primary N) is 1. The van der Waals surface area contributed by atoms with E-state index < -0.39 is 0 Å². The molecule has 1 saturated heterocycles. The lowest BCUT2D eigenvalue weighted by atomic mass is 10.1. The standard InChI is InChI=1S/C11H18N4O2/c1-13-9(7-10(16)14(2)11(13)17)15-5-3-8(12)4-6-15/h7-8H,3-6,12H2,1-2H3. The molecule has 0 radical (unpaired) electrons. The second-order valence-corrected chi connectivity index (χ2v) is 4.57. The number of anilines is 1. The average molecular weight is 238 g/mol. The number of hydrogen-bond donors (Lipinski definition) is 1. The van der Waals surface area contributed by atoms with Crippen LogP contribution in [0, 0.1) is 0 Å². The minimum absolute atomic E-state index is 0.231. The summed E-state index contributed by atoms with van der Waals surface area (Å²) in [6.45, 7) is 1.59. The summed E-state index contributed by atoms with van der Waals surface area (Å²) in [7, 11) is 3.17. The van der Waals surface area contributed by atoms with Crippen molar-refractivity contribution in [2.75, 3.05) is 18.0 Å². The topological polar surface area (TPSA) is 73.3 Å². The van der Waals surface area contributed by atoms with E-state index in [2.05, 4.69) is 0 Å². The predicted octanol–water partition coefficient (Wildman–Crippen LogP) is -0.988. The maximum atomic E-state index is 11.8. The lowest BCUT2D eigenvalue weighted by Gasteiger charge is -2.32. The van der Waals surface area contributed by atoms with Crippen LogP contribution in [0.3, 0.4) is 0 Å². The van der Waals surface area contributed by atoms with Gasteiger partial charge >= 0.3 is 5.69 Å². The molecule has 1 aromatic heterocycles. The highest BCUT2D eigenvalue weighted by atomic mass is 16.2. The number of nitrogens with zero attached hydrogens (tertiary/aromatic N) is 3. The Bertz CT molecular complexity index is 523. The molecule has 0 bridgehead atoms. The fraction of sp³-hybridized carbons (Fsp3) is 0.636. The van der Waals surface area contributed by atoms with Crippen LogP contribution in [0.4, 0.5) is 5.82 Å². The molecule has 0 atom stereocenters. The summed E-state index contributed by atoms with van der Waals surface area (Å²) in [5, 5.41) is 0. The minimum Gasteiger partial charge on any atom is -0.358 e. The van der Waals surface area contributed by atoms with Crippen LogP contribution in [-0.2, 0) is 14.1 Å². The molecule has 6 nitrogen and oxygen atoms in total. The number of rotatable bonds is 1. The first-order valence-electron chi connectivity index (χ1n) is 5.78. The van der Waals surface area contributed by atoms with Crippen LogP contribution in [0.5, 0.6) is 0 Å². The zero-order valence-corrected chi connectivity index (χ0v) is 10.2. The van der Waals surface area contributed by atoms with Crippen molar-refractivity contribution in [3.05, 3.63) is 26.9 Å². The molecule has 2 N–H and O–H groups in total. The van der Waals surface area contributed by atoms with Crippen molar-refractivity contribution in [2.45, 2.75) is 18.9 Å². The van der Waals surface area contributed by atoms with Gasteiger partial charge < -0.3 is 10.6 Å². The third-order valence-corrected chi connectivity index (χ3v) is 3.36. The van der Waals surface area contributed by atoms with Crippen molar-refractivity contribution < 1.29 is 0 Å².